The zero-order chi connectivity index (χ0) is 12.8. The first-order valence-corrected chi connectivity index (χ1v) is 7.62. The topological polar surface area (TPSA) is 76.4 Å². The molecule has 7 heteroatoms. The van der Waals surface area contributed by atoms with Crippen molar-refractivity contribution in [2.24, 2.45) is 0 Å². The quantitative estimate of drug-likeness (QED) is 0.792. The zero-order valence-corrected chi connectivity index (χ0v) is 10.8. The molecule has 3 rings (SSSR count). The molecule has 0 aromatic carbocycles. The van der Waals surface area contributed by atoms with Crippen LogP contribution in [0.25, 0.3) is 5.65 Å². The first-order valence-electron chi connectivity index (χ1n) is 5.80. The highest BCUT2D eigenvalue weighted by molar-refractivity contribution is 7.91. The Labute approximate surface area is 105 Å². The van der Waals surface area contributed by atoms with E-state index in [1.807, 2.05) is 29.7 Å². The van der Waals surface area contributed by atoms with Crippen molar-refractivity contribution in [2.45, 2.75) is 13.0 Å². The molecule has 1 N–H and O–H groups in total. The van der Waals surface area contributed by atoms with E-state index in [9.17, 15) is 8.42 Å². The molecule has 1 aliphatic rings. The average molecular weight is 266 g/mol. The highest BCUT2D eigenvalue weighted by atomic mass is 32.2. The number of fused-ring (bicyclic) bond motifs is 1. The number of pyridine rings is 1. The predicted molar refractivity (Wildman–Crippen MR) is 67.1 cm³/mol. The van der Waals surface area contributed by atoms with Crippen LogP contribution in [0.4, 0.5) is 0 Å². The van der Waals surface area contributed by atoms with Gasteiger partial charge in [-0.1, -0.05) is 6.07 Å². The molecule has 1 saturated heterocycles. The van der Waals surface area contributed by atoms with Gasteiger partial charge >= 0.3 is 0 Å². The standard InChI is InChI=1S/C11H14N4O2S/c1-8-2-3-10-13-14-11(15(10)6-8)9-7-18(16,17)5-4-12-9/h2-3,6,9,12H,4-5,7H2,1H3. The summed E-state index contributed by atoms with van der Waals surface area (Å²) in [5, 5.41) is 11.4. The number of aryl methyl sites for hydroxylation is 1. The second kappa shape index (κ2) is 4.03. The molecule has 6 nitrogen and oxygen atoms in total. The van der Waals surface area contributed by atoms with Crippen molar-refractivity contribution >= 4 is 15.5 Å². The van der Waals surface area contributed by atoms with Gasteiger partial charge in [0.15, 0.2) is 21.3 Å². The maximum atomic E-state index is 11.7. The number of hydrogen-bond donors (Lipinski definition) is 1. The number of hydrogen-bond acceptors (Lipinski definition) is 5. The van der Waals surface area contributed by atoms with Crippen molar-refractivity contribution in [1.29, 1.82) is 0 Å². The van der Waals surface area contributed by atoms with Crippen LogP contribution in [-0.2, 0) is 9.84 Å². The third kappa shape index (κ3) is 1.99. The third-order valence-corrected chi connectivity index (χ3v) is 4.78. The maximum absolute atomic E-state index is 11.7. The van der Waals surface area contributed by atoms with Crippen LogP contribution in [0.5, 0.6) is 0 Å². The Morgan fingerprint density at radius 3 is 3.00 bits per heavy atom. The second-order valence-corrected chi connectivity index (χ2v) is 6.84. The molecular weight excluding hydrogens is 252 g/mol. The molecular formula is C11H14N4O2S. The molecule has 1 aliphatic heterocycles. The van der Waals surface area contributed by atoms with Crippen LogP contribution < -0.4 is 5.32 Å². The molecule has 0 aliphatic carbocycles. The van der Waals surface area contributed by atoms with Crippen molar-refractivity contribution in [3.05, 3.63) is 29.7 Å². The Kier molecular flexibility index (Phi) is 2.60. The van der Waals surface area contributed by atoms with Crippen molar-refractivity contribution in [3.8, 4) is 0 Å². The van der Waals surface area contributed by atoms with E-state index in [0.717, 1.165) is 11.2 Å². The maximum Gasteiger partial charge on any atom is 0.160 e. The minimum absolute atomic E-state index is 0.0851. The first-order chi connectivity index (χ1) is 8.55. The molecule has 0 amide bonds. The summed E-state index contributed by atoms with van der Waals surface area (Å²) < 4.78 is 25.2. The Morgan fingerprint density at radius 2 is 2.22 bits per heavy atom. The van der Waals surface area contributed by atoms with Gasteiger partial charge in [-0.2, -0.15) is 0 Å². The molecule has 96 valence electrons. The summed E-state index contributed by atoms with van der Waals surface area (Å²) in [7, 11) is -2.98. The molecule has 0 saturated carbocycles. The van der Waals surface area contributed by atoms with E-state index in [4.69, 9.17) is 0 Å². The number of aromatic nitrogens is 3. The highest BCUT2D eigenvalue weighted by Crippen LogP contribution is 2.18. The van der Waals surface area contributed by atoms with E-state index in [2.05, 4.69) is 15.5 Å². The van der Waals surface area contributed by atoms with E-state index in [1.54, 1.807) is 0 Å². The SMILES string of the molecule is Cc1ccc2nnc(C3CS(=O)(=O)CCN3)n2c1. The molecule has 18 heavy (non-hydrogen) atoms. The van der Waals surface area contributed by atoms with Gasteiger partial charge in [-0.25, -0.2) is 8.42 Å². The van der Waals surface area contributed by atoms with Gasteiger partial charge in [0.1, 0.15) is 0 Å². The monoisotopic (exact) mass is 266 g/mol. The van der Waals surface area contributed by atoms with Crippen molar-refractivity contribution < 1.29 is 8.42 Å². The summed E-state index contributed by atoms with van der Waals surface area (Å²) in [5.41, 5.74) is 1.82. The van der Waals surface area contributed by atoms with Gasteiger partial charge < -0.3 is 5.32 Å². The van der Waals surface area contributed by atoms with E-state index >= 15 is 0 Å². The van der Waals surface area contributed by atoms with Crippen LogP contribution in [0.15, 0.2) is 18.3 Å². The van der Waals surface area contributed by atoms with E-state index < -0.39 is 9.84 Å². The van der Waals surface area contributed by atoms with Gasteiger partial charge in [0.25, 0.3) is 0 Å². The number of rotatable bonds is 1. The van der Waals surface area contributed by atoms with E-state index in [1.165, 1.54) is 0 Å². The van der Waals surface area contributed by atoms with Crippen LogP contribution in [0, 0.1) is 6.92 Å². The lowest BCUT2D eigenvalue weighted by Gasteiger charge is -2.22. The van der Waals surface area contributed by atoms with Crippen molar-refractivity contribution in [1.82, 2.24) is 19.9 Å². The molecule has 0 spiro atoms. The van der Waals surface area contributed by atoms with Crippen LogP contribution >= 0.6 is 0 Å². The minimum Gasteiger partial charge on any atom is -0.305 e. The lowest BCUT2D eigenvalue weighted by atomic mass is 10.3. The number of sulfone groups is 1. The number of nitrogens with zero attached hydrogens (tertiary/aromatic N) is 3. The molecule has 2 aromatic rings. The highest BCUT2D eigenvalue weighted by Gasteiger charge is 2.28. The van der Waals surface area contributed by atoms with Gasteiger partial charge in [0.2, 0.25) is 0 Å². The summed E-state index contributed by atoms with van der Waals surface area (Å²) >= 11 is 0. The van der Waals surface area contributed by atoms with Crippen LogP contribution in [0.1, 0.15) is 17.4 Å². The number of nitrogens with one attached hydrogen (secondary N) is 1. The molecule has 1 unspecified atom stereocenters. The minimum atomic E-state index is -2.98. The van der Waals surface area contributed by atoms with Crippen LogP contribution in [-0.4, -0.2) is 41.1 Å². The third-order valence-electron chi connectivity index (χ3n) is 3.11. The fourth-order valence-corrected chi connectivity index (χ4v) is 3.57. The fourth-order valence-electron chi connectivity index (χ4n) is 2.20. The lowest BCUT2D eigenvalue weighted by molar-refractivity contribution is 0.512. The normalized spacial score (nSPS) is 23.3. The average Bonchev–Trinajstić information content (AvgIpc) is 2.70. The molecule has 0 bridgehead atoms. The Balaban J connectivity index is 2.06. The van der Waals surface area contributed by atoms with Gasteiger partial charge in [-0.15, -0.1) is 10.2 Å². The molecule has 3 heterocycles. The first kappa shape index (κ1) is 11.6. The summed E-state index contributed by atoms with van der Waals surface area (Å²) in [6, 6.07) is 3.56. The largest absolute Gasteiger partial charge is 0.305 e. The summed E-state index contributed by atoms with van der Waals surface area (Å²) in [4.78, 5) is 0. The summed E-state index contributed by atoms with van der Waals surface area (Å²) in [6.07, 6.45) is 1.92. The van der Waals surface area contributed by atoms with Crippen molar-refractivity contribution in [2.75, 3.05) is 18.1 Å². The van der Waals surface area contributed by atoms with Gasteiger partial charge in [0.05, 0.1) is 17.5 Å². The predicted octanol–water partition coefficient (Wildman–Crippen LogP) is 0.0968. The zero-order valence-electron chi connectivity index (χ0n) is 10.00. The molecule has 1 fully saturated rings. The Morgan fingerprint density at radius 1 is 1.39 bits per heavy atom. The Hall–Kier alpha value is -1.47. The smallest absolute Gasteiger partial charge is 0.160 e. The van der Waals surface area contributed by atoms with Crippen LogP contribution in [0.2, 0.25) is 0 Å². The van der Waals surface area contributed by atoms with Crippen LogP contribution in [0.3, 0.4) is 0 Å². The summed E-state index contributed by atoms with van der Waals surface area (Å²) in [6.45, 7) is 2.45. The Bertz CT molecular complexity index is 692. The molecule has 1 atom stereocenters. The van der Waals surface area contributed by atoms with E-state index in [-0.39, 0.29) is 17.5 Å². The van der Waals surface area contributed by atoms with E-state index in [0.29, 0.717) is 12.4 Å². The van der Waals surface area contributed by atoms with Gasteiger partial charge in [0, 0.05) is 12.7 Å². The van der Waals surface area contributed by atoms with Gasteiger partial charge in [-0.3, -0.25) is 4.40 Å². The lowest BCUT2D eigenvalue weighted by Crippen LogP contribution is -2.40. The van der Waals surface area contributed by atoms with Crippen molar-refractivity contribution in [3.63, 3.8) is 0 Å². The second-order valence-electron chi connectivity index (χ2n) is 4.61. The molecule has 2 aromatic heterocycles. The van der Waals surface area contributed by atoms with Gasteiger partial charge in [-0.05, 0) is 18.6 Å². The fraction of sp³-hybridized carbons (Fsp3) is 0.455. The molecule has 0 radical (unpaired) electrons. The summed E-state index contributed by atoms with van der Waals surface area (Å²) in [5.74, 6) is 0.943.